The predicted octanol–water partition coefficient (Wildman–Crippen LogP) is 0.758. The SMILES string of the molecule is Cc1cnc2c(c1)nc(N)n2C(C)CC(N)=O. The number of aryl methyl sites for hydroxylation is 1. The third-order valence-electron chi connectivity index (χ3n) is 2.63. The summed E-state index contributed by atoms with van der Waals surface area (Å²) in [5.41, 5.74) is 13.5. The number of fused-ring (bicyclic) bond motifs is 1. The highest BCUT2D eigenvalue weighted by Gasteiger charge is 2.16. The molecule has 0 radical (unpaired) electrons. The molecule has 0 aromatic carbocycles. The highest BCUT2D eigenvalue weighted by Crippen LogP contribution is 2.23. The van der Waals surface area contributed by atoms with Gasteiger partial charge in [0.05, 0.1) is 0 Å². The number of nitrogen functional groups attached to an aromatic ring is 1. The molecule has 2 rings (SSSR count). The van der Waals surface area contributed by atoms with E-state index in [1.165, 1.54) is 0 Å². The lowest BCUT2D eigenvalue weighted by atomic mass is 10.2. The number of pyridine rings is 1. The minimum atomic E-state index is -0.370. The molecule has 0 fully saturated rings. The molecule has 1 amide bonds. The summed E-state index contributed by atoms with van der Waals surface area (Å²) >= 11 is 0. The highest BCUT2D eigenvalue weighted by atomic mass is 16.1. The van der Waals surface area contributed by atoms with E-state index < -0.39 is 0 Å². The molecule has 0 aliphatic heterocycles. The Morgan fingerprint density at radius 3 is 2.94 bits per heavy atom. The third kappa shape index (κ3) is 2.06. The maximum absolute atomic E-state index is 10.9. The average Bonchev–Trinajstić information content (AvgIpc) is 2.51. The molecule has 4 N–H and O–H groups in total. The van der Waals surface area contributed by atoms with Gasteiger partial charge in [0.2, 0.25) is 11.9 Å². The second-order valence-corrected chi connectivity index (χ2v) is 4.21. The van der Waals surface area contributed by atoms with E-state index in [4.69, 9.17) is 11.5 Å². The Morgan fingerprint density at radius 1 is 1.59 bits per heavy atom. The van der Waals surface area contributed by atoms with Crippen LogP contribution < -0.4 is 11.5 Å². The summed E-state index contributed by atoms with van der Waals surface area (Å²) in [5.74, 6) is -0.0160. The first-order valence-electron chi connectivity index (χ1n) is 5.37. The Labute approximate surface area is 98.6 Å². The first kappa shape index (κ1) is 11.4. The van der Waals surface area contributed by atoms with Crippen LogP contribution in [-0.4, -0.2) is 20.4 Å². The lowest BCUT2D eigenvalue weighted by molar-refractivity contribution is -0.118. The van der Waals surface area contributed by atoms with Gasteiger partial charge < -0.3 is 11.5 Å². The summed E-state index contributed by atoms with van der Waals surface area (Å²) in [6, 6.07) is 1.76. The maximum Gasteiger partial charge on any atom is 0.219 e. The minimum Gasteiger partial charge on any atom is -0.370 e. The van der Waals surface area contributed by atoms with E-state index in [1.54, 1.807) is 10.8 Å². The van der Waals surface area contributed by atoms with Gasteiger partial charge in [0.25, 0.3) is 0 Å². The molecule has 90 valence electrons. The number of amides is 1. The quantitative estimate of drug-likeness (QED) is 0.817. The summed E-state index contributed by atoms with van der Waals surface area (Å²) in [7, 11) is 0. The third-order valence-corrected chi connectivity index (χ3v) is 2.63. The number of primary amides is 1. The lowest BCUT2D eigenvalue weighted by Gasteiger charge is -2.13. The van der Waals surface area contributed by atoms with Gasteiger partial charge in [0.15, 0.2) is 5.65 Å². The number of aromatic nitrogens is 3. The fourth-order valence-electron chi connectivity index (χ4n) is 1.92. The van der Waals surface area contributed by atoms with Gasteiger partial charge >= 0.3 is 0 Å². The van der Waals surface area contributed by atoms with Gasteiger partial charge in [-0.25, -0.2) is 9.97 Å². The second kappa shape index (κ2) is 4.04. The summed E-state index contributed by atoms with van der Waals surface area (Å²) < 4.78 is 1.74. The number of carbonyl (C=O) groups excluding carboxylic acids is 1. The van der Waals surface area contributed by atoms with Gasteiger partial charge in [0.1, 0.15) is 5.52 Å². The van der Waals surface area contributed by atoms with Gasteiger partial charge in [-0.15, -0.1) is 0 Å². The van der Waals surface area contributed by atoms with Crippen molar-refractivity contribution in [1.29, 1.82) is 0 Å². The molecule has 2 heterocycles. The van der Waals surface area contributed by atoms with Crippen LogP contribution in [0, 0.1) is 6.92 Å². The van der Waals surface area contributed by atoms with Crippen molar-refractivity contribution < 1.29 is 4.79 Å². The van der Waals surface area contributed by atoms with Crippen molar-refractivity contribution in [2.45, 2.75) is 26.3 Å². The van der Waals surface area contributed by atoms with Gasteiger partial charge in [-0.05, 0) is 25.5 Å². The van der Waals surface area contributed by atoms with Gasteiger partial charge in [0, 0.05) is 18.7 Å². The minimum absolute atomic E-state index is 0.146. The molecular weight excluding hydrogens is 218 g/mol. The average molecular weight is 233 g/mol. The number of rotatable bonds is 3. The smallest absolute Gasteiger partial charge is 0.219 e. The number of carbonyl (C=O) groups is 1. The van der Waals surface area contributed by atoms with Gasteiger partial charge in [-0.3, -0.25) is 9.36 Å². The number of nitrogens with zero attached hydrogens (tertiary/aromatic N) is 3. The van der Waals surface area contributed by atoms with Crippen molar-refractivity contribution >= 4 is 23.0 Å². The van der Waals surface area contributed by atoms with Gasteiger partial charge in [-0.2, -0.15) is 0 Å². The van der Waals surface area contributed by atoms with E-state index in [2.05, 4.69) is 9.97 Å². The van der Waals surface area contributed by atoms with E-state index >= 15 is 0 Å². The standard InChI is InChI=1S/C11H15N5O/c1-6-3-8-10(14-5-6)16(11(13)15-8)7(2)4-9(12)17/h3,5,7H,4H2,1-2H3,(H2,12,17)(H2,13,15). The molecular formula is C11H15N5O. The van der Waals surface area contributed by atoms with E-state index in [-0.39, 0.29) is 18.4 Å². The Hall–Kier alpha value is -2.11. The highest BCUT2D eigenvalue weighted by molar-refractivity contribution is 5.77. The Balaban J connectivity index is 2.53. The number of anilines is 1. The van der Waals surface area contributed by atoms with Crippen molar-refractivity contribution in [2.24, 2.45) is 5.73 Å². The van der Waals surface area contributed by atoms with Crippen LogP contribution in [-0.2, 0) is 4.79 Å². The van der Waals surface area contributed by atoms with E-state index in [1.807, 2.05) is 19.9 Å². The predicted molar refractivity (Wildman–Crippen MR) is 65.2 cm³/mol. The van der Waals surface area contributed by atoms with E-state index in [0.29, 0.717) is 11.6 Å². The molecule has 2 aromatic rings. The molecule has 0 saturated heterocycles. The fourth-order valence-corrected chi connectivity index (χ4v) is 1.92. The lowest BCUT2D eigenvalue weighted by Crippen LogP contribution is -2.18. The summed E-state index contributed by atoms with van der Waals surface area (Å²) in [6.07, 6.45) is 1.96. The zero-order valence-corrected chi connectivity index (χ0v) is 9.84. The number of hydrogen-bond donors (Lipinski definition) is 2. The monoisotopic (exact) mass is 233 g/mol. The largest absolute Gasteiger partial charge is 0.370 e. The van der Waals surface area contributed by atoms with Crippen LogP contribution >= 0.6 is 0 Å². The summed E-state index contributed by atoms with van der Waals surface area (Å²) in [5, 5.41) is 0. The van der Waals surface area contributed by atoms with Crippen LogP contribution in [0.25, 0.3) is 11.2 Å². The van der Waals surface area contributed by atoms with E-state index in [0.717, 1.165) is 11.1 Å². The molecule has 1 atom stereocenters. The van der Waals surface area contributed by atoms with Crippen LogP contribution in [0.3, 0.4) is 0 Å². The summed E-state index contributed by atoms with van der Waals surface area (Å²) in [6.45, 7) is 3.80. The fraction of sp³-hybridized carbons (Fsp3) is 0.364. The molecule has 1 unspecified atom stereocenters. The van der Waals surface area contributed by atoms with Crippen LogP contribution in [0.4, 0.5) is 5.95 Å². The number of imidazole rings is 1. The number of hydrogen-bond acceptors (Lipinski definition) is 4. The Morgan fingerprint density at radius 2 is 2.29 bits per heavy atom. The zero-order chi connectivity index (χ0) is 12.6. The first-order chi connectivity index (χ1) is 7.99. The molecule has 6 nitrogen and oxygen atoms in total. The van der Waals surface area contributed by atoms with Crippen LogP contribution in [0.1, 0.15) is 24.9 Å². The van der Waals surface area contributed by atoms with Crippen LogP contribution in [0.15, 0.2) is 12.3 Å². The Bertz CT molecular complexity index is 574. The summed E-state index contributed by atoms with van der Waals surface area (Å²) in [4.78, 5) is 19.5. The molecule has 17 heavy (non-hydrogen) atoms. The molecule has 0 aliphatic carbocycles. The Kier molecular flexibility index (Phi) is 2.71. The van der Waals surface area contributed by atoms with Gasteiger partial charge in [-0.1, -0.05) is 0 Å². The molecule has 0 aliphatic rings. The molecule has 0 spiro atoms. The van der Waals surface area contributed by atoms with Crippen LogP contribution in [0.2, 0.25) is 0 Å². The van der Waals surface area contributed by atoms with Crippen molar-refractivity contribution in [2.75, 3.05) is 5.73 Å². The van der Waals surface area contributed by atoms with E-state index in [9.17, 15) is 4.79 Å². The van der Waals surface area contributed by atoms with Crippen LogP contribution in [0.5, 0.6) is 0 Å². The molecule has 6 heteroatoms. The topological polar surface area (TPSA) is 99.8 Å². The molecule has 0 saturated carbocycles. The maximum atomic E-state index is 10.9. The molecule has 0 bridgehead atoms. The first-order valence-corrected chi connectivity index (χ1v) is 5.37. The normalized spacial score (nSPS) is 12.8. The zero-order valence-electron chi connectivity index (χ0n) is 9.84. The second-order valence-electron chi connectivity index (χ2n) is 4.21. The van der Waals surface area contributed by atoms with Crippen molar-refractivity contribution in [3.05, 3.63) is 17.8 Å². The van der Waals surface area contributed by atoms with Crippen molar-refractivity contribution in [3.63, 3.8) is 0 Å². The van der Waals surface area contributed by atoms with Crippen molar-refractivity contribution in [1.82, 2.24) is 14.5 Å². The van der Waals surface area contributed by atoms with Crippen molar-refractivity contribution in [3.8, 4) is 0 Å². The number of nitrogens with two attached hydrogens (primary N) is 2. The molecule has 2 aromatic heterocycles.